The van der Waals surface area contributed by atoms with E-state index in [0.29, 0.717) is 34.7 Å². The Balaban J connectivity index is 2.48. The molecular formula is C20H22N6O3. The van der Waals surface area contributed by atoms with Gasteiger partial charge in [0.25, 0.3) is 5.91 Å². The molecule has 1 aliphatic heterocycles. The van der Waals surface area contributed by atoms with Crippen molar-refractivity contribution in [2.24, 2.45) is 10.2 Å². The van der Waals surface area contributed by atoms with Crippen LogP contribution in [0.15, 0.2) is 57.0 Å². The third kappa shape index (κ3) is 5.60. The fourth-order valence-electron chi connectivity index (χ4n) is 2.70. The standard InChI is InChI=1S/C20H22N6O3/c1-4-29-20-16(9-15-6-5-14(10-21)8-17(15)27)19(12(2)11-23-20)24-13(3)7-18(28)25-26-22/h5-9,11,20,24,27H,4H2,1-3H3,(H2,22,25,28)/b13-7+,16-9-. The van der Waals surface area contributed by atoms with E-state index in [4.69, 9.17) is 15.5 Å². The smallest absolute Gasteiger partial charge is 0.267 e. The largest absolute Gasteiger partial charge is 0.507 e. The highest BCUT2D eigenvalue weighted by molar-refractivity contribution is 5.88. The van der Waals surface area contributed by atoms with Crippen molar-refractivity contribution in [3.63, 3.8) is 0 Å². The Kier molecular flexibility index (Phi) is 7.40. The molecule has 0 saturated heterocycles. The van der Waals surface area contributed by atoms with Crippen LogP contribution >= 0.6 is 0 Å². The summed E-state index contributed by atoms with van der Waals surface area (Å²) in [5, 5.41) is 25.3. The van der Waals surface area contributed by atoms with Crippen LogP contribution in [0.5, 0.6) is 5.75 Å². The second kappa shape index (κ2) is 9.96. The lowest BCUT2D eigenvalue weighted by molar-refractivity contribution is -0.116. The second-order valence-electron chi connectivity index (χ2n) is 6.17. The number of nitrogens with zero attached hydrogens (tertiary/aromatic N) is 3. The molecule has 1 amide bonds. The van der Waals surface area contributed by atoms with Crippen molar-refractivity contribution in [1.82, 2.24) is 10.7 Å². The number of rotatable bonds is 7. The number of hydrogen-bond acceptors (Lipinski definition) is 8. The molecule has 2 rings (SSSR count). The zero-order chi connectivity index (χ0) is 21.4. The number of benzene rings is 1. The molecular weight excluding hydrogens is 372 g/mol. The Hall–Kier alpha value is -3.77. The fourth-order valence-corrected chi connectivity index (χ4v) is 2.70. The first kappa shape index (κ1) is 21.5. The van der Waals surface area contributed by atoms with Gasteiger partial charge in [-0.15, -0.1) is 0 Å². The number of amides is 1. The quantitative estimate of drug-likeness (QED) is 0.319. The molecule has 0 radical (unpaired) electrons. The van der Waals surface area contributed by atoms with Gasteiger partial charge in [0.15, 0.2) is 6.23 Å². The third-order valence-electron chi connectivity index (χ3n) is 3.98. The van der Waals surface area contributed by atoms with Gasteiger partial charge in [-0.1, -0.05) is 5.22 Å². The summed E-state index contributed by atoms with van der Waals surface area (Å²) in [4.78, 5) is 16.0. The van der Waals surface area contributed by atoms with Crippen LogP contribution in [0.4, 0.5) is 0 Å². The number of phenols is 1. The van der Waals surface area contributed by atoms with Gasteiger partial charge < -0.3 is 15.2 Å². The van der Waals surface area contributed by atoms with E-state index in [9.17, 15) is 9.90 Å². The summed E-state index contributed by atoms with van der Waals surface area (Å²) >= 11 is 0. The highest BCUT2D eigenvalue weighted by atomic mass is 16.5. The number of hydrogen-bond donors (Lipinski definition) is 4. The summed E-state index contributed by atoms with van der Waals surface area (Å²) < 4.78 is 5.72. The van der Waals surface area contributed by atoms with Gasteiger partial charge in [-0.2, -0.15) is 10.8 Å². The van der Waals surface area contributed by atoms with Crippen molar-refractivity contribution in [1.29, 1.82) is 10.8 Å². The monoisotopic (exact) mass is 394 g/mol. The summed E-state index contributed by atoms with van der Waals surface area (Å²) in [6.07, 6.45) is 4.07. The third-order valence-corrected chi connectivity index (χ3v) is 3.98. The van der Waals surface area contributed by atoms with E-state index in [1.807, 2.05) is 25.3 Å². The van der Waals surface area contributed by atoms with Crippen LogP contribution in [0, 0.1) is 16.9 Å². The van der Waals surface area contributed by atoms with Crippen molar-refractivity contribution < 1.29 is 14.6 Å². The molecule has 4 N–H and O–H groups in total. The predicted octanol–water partition coefficient (Wildman–Crippen LogP) is 2.92. The van der Waals surface area contributed by atoms with E-state index < -0.39 is 12.1 Å². The number of carbonyl (C=O) groups excluding carboxylic acids is 1. The maximum atomic E-state index is 11.6. The molecule has 0 aliphatic carbocycles. The number of ether oxygens (including phenoxy) is 1. The SMILES string of the molecule is CCOC1N=CC(C)=C(N/C(C)=C/C(=O)NN=N)/C1=C/c1ccc(C#N)cc1O. The maximum Gasteiger partial charge on any atom is 0.267 e. The van der Waals surface area contributed by atoms with Gasteiger partial charge in [0.2, 0.25) is 0 Å². The van der Waals surface area contributed by atoms with Crippen molar-refractivity contribution in [3.8, 4) is 11.8 Å². The Bertz CT molecular complexity index is 969. The Morgan fingerprint density at radius 3 is 2.90 bits per heavy atom. The molecule has 1 atom stereocenters. The lowest BCUT2D eigenvalue weighted by Crippen LogP contribution is -2.27. The minimum atomic E-state index is -0.605. The first-order valence-electron chi connectivity index (χ1n) is 8.82. The first-order valence-corrected chi connectivity index (χ1v) is 8.82. The normalized spacial score (nSPS) is 17.8. The number of dihydropyridines is 1. The van der Waals surface area contributed by atoms with E-state index in [0.717, 1.165) is 5.57 Å². The first-order chi connectivity index (χ1) is 13.9. The van der Waals surface area contributed by atoms with Crippen LogP contribution in [0.1, 0.15) is 31.9 Å². The van der Waals surface area contributed by atoms with Crippen LogP contribution in [-0.4, -0.2) is 30.1 Å². The molecule has 9 nitrogen and oxygen atoms in total. The highest BCUT2D eigenvalue weighted by Crippen LogP contribution is 2.29. The van der Waals surface area contributed by atoms with Crippen LogP contribution < -0.4 is 10.7 Å². The molecule has 150 valence electrons. The molecule has 1 aliphatic rings. The predicted molar refractivity (Wildman–Crippen MR) is 108 cm³/mol. The zero-order valence-electron chi connectivity index (χ0n) is 16.4. The molecule has 0 spiro atoms. The minimum Gasteiger partial charge on any atom is -0.507 e. The van der Waals surface area contributed by atoms with Crippen LogP contribution in [0.2, 0.25) is 0 Å². The number of phenolic OH excluding ortho intramolecular Hbond substituents is 1. The van der Waals surface area contributed by atoms with Gasteiger partial charge in [-0.3, -0.25) is 9.79 Å². The average molecular weight is 394 g/mol. The molecule has 0 bridgehead atoms. The molecule has 0 saturated carbocycles. The van der Waals surface area contributed by atoms with Gasteiger partial charge >= 0.3 is 0 Å². The van der Waals surface area contributed by atoms with E-state index in [1.54, 1.807) is 31.3 Å². The molecule has 1 unspecified atom stereocenters. The van der Waals surface area contributed by atoms with Gasteiger partial charge in [0.05, 0.1) is 17.3 Å². The number of allylic oxidation sites excluding steroid dienone is 2. The molecule has 1 aromatic carbocycles. The van der Waals surface area contributed by atoms with Crippen LogP contribution in [0.3, 0.4) is 0 Å². The summed E-state index contributed by atoms with van der Waals surface area (Å²) in [6, 6.07) is 6.62. The average Bonchev–Trinajstić information content (AvgIpc) is 2.68. The molecule has 1 aromatic rings. The van der Waals surface area contributed by atoms with Gasteiger partial charge in [0, 0.05) is 35.7 Å². The van der Waals surface area contributed by atoms with E-state index >= 15 is 0 Å². The lowest BCUT2D eigenvalue weighted by atomic mass is 9.99. The number of carbonyl (C=O) groups is 1. The van der Waals surface area contributed by atoms with Crippen molar-refractivity contribution in [3.05, 3.63) is 57.9 Å². The highest BCUT2D eigenvalue weighted by Gasteiger charge is 2.23. The molecule has 0 aromatic heterocycles. The van der Waals surface area contributed by atoms with Crippen molar-refractivity contribution in [2.75, 3.05) is 6.61 Å². The zero-order valence-corrected chi connectivity index (χ0v) is 16.4. The summed E-state index contributed by atoms with van der Waals surface area (Å²) in [5.41, 5.74) is 12.2. The number of aromatic hydroxyl groups is 1. The molecule has 0 fully saturated rings. The Morgan fingerprint density at radius 2 is 2.28 bits per heavy atom. The Labute approximate surface area is 168 Å². The second-order valence-corrected chi connectivity index (χ2v) is 6.17. The van der Waals surface area contributed by atoms with Crippen LogP contribution in [-0.2, 0) is 9.53 Å². The van der Waals surface area contributed by atoms with Crippen LogP contribution in [0.25, 0.3) is 6.08 Å². The summed E-state index contributed by atoms with van der Waals surface area (Å²) in [5.74, 6) is -0.577. The summed E-state index contributed by atoms with van der Waals surface area (Å²) in [6.45, 7) is 5.83. The number of nitriles is 1. The van der Waals surface area contributed by atoms with Crippen molar-refractivity contribution >= 4 is 18.2 Å². The lowest BCUT2D eigenvalue weighted by Gasteiger charge is -2.26. The van der Waals surface area contributed by atoms with E-state index in [-0.39, 0.29) is 5.75 Å². The minimum absolute atomic E-state index is 0.0398. The van der Waals surface area contributed by atoms with Gasteiger partial charge in [-0.25, -0.2) is 5.43 Å². The fraction of sp³-hybridized carbons (Fsp3) is 0.250. The maximum absolute atomic E-state index is 11.6. The number of aliphatic imine (C=N–C) groups is 1. The molecule has 1 heterocycles. The topological polar surface area (TPSA) is 143 Å². The van der Waals surface area contributed by atoms with E-state index in [1.165, 1.54) is 12.1 Å². The van der Waals surface area contributed by atoms with Crippen molar-refractivity contribution in [2.45, 2.75) is 27.0 Å². The van der Waals surface area contributed by atoms with E-state index in [2.05, 4.69) is 15.5 Å². The van der Waals surface area contributed by atoms with Gasteiger partial charge in [0.1, 0.15) is 5.75 Å². The summed E-state index contributed by atoms with van der Waals surface area (Å²) in [7, 11) is 0. The Morgan fingerprint density at radius 1 is 1.52 bits per heavy atom. The number of nitrogens with one attached hydrogen (secondary N) is 3. The molecule has 29 heavy (non-hydrogen) atoms. The molecule has 9 heteroatoms. The van der Waals surface area contributed by atoms with Gasteiger partial charge in [-0.05, 0) is 50.6 Å².